The van der Waals surface area contributed by atoms with Crippen LogP contribution < -0.4 is 5.32 Å². The topological polar surface area (TPSA) is 64.7 Å². The minimum absolute atomic E-state index is 0.122. The van der Waals surface area contributed by atoms with Gasteiger partial charge in [0.05, 0.1) is 26.8 Å². The summed E-state index contributed by atoms with van der Waals surface area (Å²) < 4.78 is 4.26. The molecule has 2 heterocycles. The fraction of sp³-hybridized carbons (Fsp3) is 0.278. The van der Waals surface area contributed by atoms with E-state index in [0.29, 0.717) is 39.8 Å². The zero-order valence-electron chi connectivity index (χ0n) is 14.8. The number of hydrogen-bond acceptors (Lipinski definition) is 3. The number of hydrogen-bond donors (Lipinski definition) is 1. The highest BCUT2D eigenvalue weighted by atomic mass is 79.9. The summed E-state index contributed by atoms with van der Waals surface area (Å²) in [6.45, 7) is 4.94. The van der Waals surface area contributed by atoms with E-state index in [9.17, 15) is 4.79 Å². The lowest BCUT2D eigenvalue weighted by Gasteiger charge is -2.05. The van der Waals surface area contributed by atoms with Crippen LogP contribution in [0.25, 0.3) is 0 Å². The Kier molecular flexibility index (Phi) is 6.24. The fourth-order valence-electron chi connectivity index (χ4n) is 2.69. The van der Waals surface area contributed by atoms with Gasteiger partial charge < -0.3 is 5.32 Å². The first-order valence-electron chi connectivity index (χ1n) is 8.29. The lowest BCUT2D eigenvalue weighted by Crippen LogP contribution is -2.16. The third-order valence-corrected chi connectivity index (χ3v) is 5.28. The second-order valence-corrected chi connectivity index (χ2v) is 7.89. The number of amides is 1. The van der Waals surface area contributed by atoms with Gasteiger partial charge in [0.2, 0.25) is 5.91 Å². The van der Waals surface area contributed by atoms with E-state index in [1.807, 2.05) is 30.7 Å². The van der Waals surface area contributed by atoms with Crippen LogP contribution in [-0.2, 0) is 17.9 Å². The largest absolute Gasteiger partial charge is 0.308 e. The van der Waals surface area contributed by atoms with Gasteiger partial charge in [0, 0.05) is 24.9 Å². The molecule has 0 saturated carbocycles. The number of nitrogens with zero attached hydrogens (tertiary/aromatic N) is 4. The van der Waals surface area contributed by atoms with Gasteiger partial charge >= 0.3 is 0 Å². The van der Waals surface area contributed by atoms with Crippen molar-refractivity contribution in [3.05, 3.63) is 61.9 Å². The van der Waals surface area contributed by atoms with Crippen LogP contribution >= 0.6 is 39.1 Å². The van der Waals surface area contributed by atoms with Crippen molar-refractivity contribution in [1.82, 2.24) is 19.6 Å². The number of rotatable bonds is 6. The zero-order valence-corrected chi connectivity index (χ0v) is 17.9. The molecule has 27 heavy (non-hydrogen) atoms. The van der Waals surface area contributed by atoms with Crippen molar-refractivity contribution in [3.8, 4) is 0 Å². The number of benzene rings is 1. The molecule has 0 aliphatic heterocycles. The van der Waals surface area contributed by atoms with Crippen LogP contribution in [0.2, 0.25) is 10.0 Å². The molecular formula is C18H18BrCl2N5O. The molecule has 9 heteroatoms. The molecule has 2 aromatic heterocycles. The van der Waals surface area contributed by atoms with Gasteiger partial charge in [-0.3, -0.25) is 14.2 Å². The summed E-state index contributed by atoms with van der Waals surface area (Å²) in [6, 6.07) is 7.42. The third-order valence-electron chi connectivity index (χ3n) is 3.96. The van der Waals surface area contributed by atoms with E-state index in [0.717, 1.165) is 17.0 Å². The summed E-state index contributed by atoms with van der Waals surface area (Å²) in [5.41, 5.74) is 2.94. The van der Waals surface area contributed by atoms with E-state index in [4.69, 9.17) is 23.2 Å². The number of aryl methyl sites for hydroxylation is 3. The SMILES string of the molecule is Cc1cc(C)n(CCC(=O)Nc2nn(Cc3ccc(Cl)c(Cl)c3)cc2Br)n1. The molecule has 3 rings (SSSR count). The predicted molar refractivity (Wildman–Crippen MR) is 110 cm³/mol. The van der Waals surface area contributed by atoms with E-state index >= 15 is 0 Å². The summed E-state index contributed by atoms with van der Waals surface area (Å²) >= 11 is 15.4. The quantitative estimate of drug-likeness (QED) is 0.560. The summed E-state index contributed by atoms with van der Waals surface area (Å²) in [6.07, 6.45) is 2.12. The zero-order chi connectivity index (χ0) is 19.6. The van der Waals surface area contributed by atoms with Crippen LogP contribution in [0.15, 0.2) is 34.9 Å². The van der Waals surface area contributed by atoms with Gasteiger partial charge in [0.15, 0.2) is 5.82 Å². The molecule has 0 unspecified atom stereocenters. The fourth-order valence-corrected chi connectivity index (χ4v) is 3.43. The molecule has 6 nitrogen and oxygen atoms in total. The summed E-state index contributed by atoms with van der Waals surface area (Å²) in [5, 5.41) is 12.6. The standard InChI is InChI=1S/C18H18BrCl2N5O/c1-11-7-12(2)26(23-11)6-5-17(27)22-18-14(19)10-25(24-18)9-13-3-4-15(20)16(21)8-13/h3-4,7-8,10H,5-6,9H2,1-2H3,(H,22,24,27). The van der Waals surface area contributed by atoms with Crippen LogP contribution in [0, 0.1) is 13.8 Å². The smallest absolute Gasteiger partial charge is 0.227 e. The molecule has 0 bridgehead atoms. The number of anilines is 1. The van der Waals surface area contributed by atoms with Gasteiger partial charge in [0.1, 0.15) is 0 Å². The molecule has 3 aromatic rings. The molecule has 0 saturated heterocycles. The molecule has 0 radical (unpaired) electrons. The lowest BCUT2D eigenvalue weighted by molar-refractivity contribution is -0.116. The van der Waals surface area contributed by atoms with Crippen LogP contribution in [0.1, 0.15) is 23.4 Å². The molecule has 0 aliphatic rings. The molecule has 0 atom stereocenters. The molecule has 0 spiro atoms. The number of aromatic nitrogens is 4. The normalized spacial score (nSPS) is 11.0. The first-order chi connectivity index (χ1) is 12.8. The van der Waals surface area contributed by atoms with Gasteiger partial charge in [-0.05, 0) is 53.5 Å². The van der Waals surface area contributed by atoms with Crippen molar-refractivity contribution < 1.29 is 4.79 Å². The van der Waals surface area contributed by atoms with Crippen molar-refractivity contribution in [2.45, 2.75) is 33.4 Å². The highest BCUT2D eigenvalue weighted by Gasteiger charge is 2.12. The summed E-state index contributed by atoms with van der Waals surface area (Å²) in [7, 11) is 0. The maximum absolute atomic E-state index is 12.3. The number of nitrogens with one attached hydrogen (secondary N) is 1. The Labute approximate surface area is 175 Å². The highest BCUT2D eigenvalue weighted by Crippen LogP contribution is 2.24. The average Bonchev–Trinajstić information content (AvgIpc) is 3.10. The van der Waals surface area contributed by atoms with Crippen LogP contribution in [0.4, 0.5) is 5.82 Å². The van der Waals surface area contributed by atoms with Crippen molar-refractivity contribution >= 4 is 50.9 Å². The molecule has 1 amide bonds. The molecule has 1 N–H and O–H groups in total. The van der Waals surface area contributed by atoms with Gasteiger partial charge in [-0.15, -0.1) is 0 Å². The van der Waals surface area contributed by atoms with E-state index in [-0.39, 0.29) is 5.91 Å². The van der Waals surface area contributed by atoms with Crippen molar-refractivity contribution in [2.24, 2.45) is 0 Å². The number of carbonyl (C=O) groups is 1. The van der Waals surface area contributed by atoms with Gasteiger partial charge in [-0.2, -0.15) is 10.2 Å². The lowest BCUT2D eigenvalue weighted by atomic mass is 10.2. The number of halogens is 3. The van der Waals surface area contributed by atoms with Crippen molar-refractivity contribution in [1.29, 1.82) is 0 Å². The molecular weight excluding hydrogens is 453 g/mol. The van der Waals surface area contributed by atoms with Gasteiger partial charge in [-0.25, -0.2) is 0 Å². The minimum atomic E-state index is -0.122. The Morgan fingerprint density at radius 1 is 1.19 bits per heavy atom. The Hall–Kier alpha value is -1.83. The Balaban J connectivity index is 1.61. The monoisotopic (exact) mass is 469 g/mol. The molecule has 142 valence electrons. The number of carbonyl (C=O) groups excluding carboxylic acids is 1. The predicted octanol–water partition coefficient (Wildman–Crippen LogP) is 4.84. The minimum Gasteiger partial charge on any atom is -0.308 e. The van der Waals surface area contributed by atoms with Crippen LogP contribution in [0.3, 0.4) is 0 Å². The summed E-state index contributed by atoms with van der Waals surface area (Å²) in [5.74, 6) is 0.358. The molecule has 0 aliphatic carbocycles. The Bertz CT molecular complexity index is 982. The van der Waals surface area contributed by atoms with E-state index in [2.05, 4.69) is 31.4 Å². The van der Waals surface area contributed by atoms with E-state index in [1.54, 1.807) is 23.0 Å². The Morgan fingerprint density at radius 2 is 1.96 bits per heavy atom. The van der Waals surface area contributed by atoms with Crippen molar-refractivity contribution in [2.75, 3.05) is 5.32 Å². The first-order valence-corrected chi connectivity index (χ1v) is 9.84. The van der Waals surface area contributed by atoms with Crippen LogP contribution in [0.5, 0.6) is 0 Å². The maximum Gasteiger partial charge on any atom is 0.227 e. The summed E-state index contributed by atoms with van der Waals surface area (Å²) in [4.78, 5) is 12.3. The first kappa shape index (κ1) is 19.9. The highest BCUT2D eigenvalue weighted by molar-refractivity contribution is 9.10. The third kappa shape index (κ3) is 5.12. The average molecular weight is 471 g/mol. The second kappa shape index (κ2) is 8.46. The van der Waals surface area contributed by atoms with Crippen molar-refractivity contribution in [3.63, 3.8) is 0 Å². The van der Waals surface area contributed by atoms with Gasteiger partial charge in [-0.1, -0.05) is 29.3 Å². The van der Waals surface area contributed by atoms with E-state index < -0.39 is 0 Å². The van der Waals surface area contributed by atoms with Gasteiger partial charge in [0.25, 0.3) is 0 Å². The van der Waals surface area contributed by atoms with Crippen LogP contribution in [-0.4, -0.2) is 25.5 Å². The molecule has 1 aromatic carbocycles. The maximum atomic E-state index is 12.3. The van der Waals surface area contributed by atoms with E-state index in [1.165, 1.54) is 0 Å². The second-order valence-electron chi connectivity index (χ2n) is 6.22. The molecule has 0 fully saturated rings. The Morgan fingerprint density at radius 3 is 2.63 bits per heavy atom.